The van der Waals surface area contributed by atoms with Crippen LogP contribution in [0.4, 0.5) is 0 Å². The highest BCUT2D eigenvalue weighted by Crippen LogP contribution is 2.23. The predicted molar refractivity (Wildman–Crippen MR) is 62.2 cm³/mol. The third-order valence-electron chi connectivity index (χ3n) is 3.61. The molecule has 0 aliphatic carbocycles. The number of carbonyl (C=O) groups excluding carboxylic acids is 2. The van der Waals surface area contributed by atoms with Gasteiger partial charge in [0.05, 0.1) is 12.0 Å². The summed E-state index contributed by atoms with van der Waals surface area (Å²) in [6, 6.07) is 0.157. The third kappa shape index (κ3) is 2.44. The highest BCUT2D eigenvalue weighted by molar-refractivity contribution is 5.89. The molecule has 0 saturated carbocycles. The molecule has 2 atom stereocenters. The minimum atomic E-state index is -0.391. The number of likely N-dealkylation sites (tertiary alicyclic amines) is 2. The molecule has 5 heteroatoms. The van der Waals surface area contributed by atoms with E-state index in [1.807, 2.05) is 13.8 Å². The van der Waals surface area contributed by atoms with Crippen molar-refractivity contribution < 1.29 is 14.7 Å². The van der Waals surface area contributed by atoms with E-state index in [9.17, 15) is 14.7 Å². The van der Waals surface area contributed by atoms with Crippen LogP contribution in [0.3, 0.4) is 0 Å². The van der Waals surface area contributed by atoms with E-state index in [1.54, 1.807) is 9.80 Å². The van der Waals surface area contributed by atoms with E-state index in [2.05, 4.69) is 0 Å². The first kappa shape index (κ1) is 12.4. The van der Waals surface area contributed by atoms with E-state index < -0.39 is 6.10 Å². The highest BCUT2D eigenvalue weighted by atomic mass is 16.3. The lowest BCUT2D eigenvalue weighted by Gasteiger charge is -2.22. The summed E-state index contributed by atoms with van der Waals surface area (Å²) >= 11 is 0. The Morgan fingerprint density at radius 3 is 2.59 bits per heavy atom. The molecular weight excluding hydrogens is 220 g/mol. The Morgan fingerprint density at radius 2 is 2.12 bits per heavy atom. The number of hydrogen-bond acceptors (Lipinski definition) is 3. The average Bonchev–Trinajstić information content (AvgIpc) is 2.83. The van der Waals surface area contributed by atoms with Crippen molar-refractivity contribution in [2.75, 3.05) is 19.6 Å². The molecule has 5 nitrogen and oxygen atoms in total. The molecule has 2 aliphatic rings. The van der Waals surface area contributed by atoms with Gasteiger partial charge in [-0.2, -0.15) is 0 Å². The summed E-state index contributed by atoms with van der Waals surface area (Å²) in [5.41, 5.74) is 0. The molecule has 1 unspecified atom stereocenters. The molecule has 17 heavy (non-hydrogen) atoms. The fourth-order valence-corrected chi connectivity index (χ4v) is 2.60. The van der Waals surface area contributed by atoms with Crippen molar-refractivity contribution in [3.8, 4) is 0 Å². The fraction of sp³-hybridized carbons (Fsp3) is 0.833. The molecule has 2 heterocycles. The van der Waals surface area contributed by atoms with E-state index >= 15 is 0 Å². The Hall–Kier alpha value is -1.10. The Bertz CT molecular complexity index is 330. The molecule has 2 aliphatic heterocycles. The number of amides is 2. The molecule has 96 valence electrons. The normalized spacial score (nSPS) is 29.5. The SMILES string of the molecule is CC(C)N1CC(C(=O)N2CC[C@@H](O)C2)CC1=O. The van der Waals surface area contributed by atoms with Crippen molar-refractivity contribution in [1.82, 2.24) is 9.80 Å². The van der Waals surface area contributed by atoms with Crippen LogP contribution in [0, 0.1) is 5.92 Å². The minimum Gasteiger partial charge on any atom is -0.391 e. The second kappa shape index (κ2) is 4.64. The number of aliphatic hydroxyl groups is 1. The van der Waals surface area contributed by atoms with Crippen LogP contribution in [0.2, 0.25) is 0 Å². The van der Waals surface area contributed by atoms with E-state index in [1.165, 1.54) is 0 Å². The van der Waals surface area contributed by atoms with Gasteiger partial charge in [-0.15, -0.1) is 0 Å². The van der Waals surface area contributed by atoms with Crippen molar-refractivity contribution in [2.24, 2.45) is 5.92 Å². The topological polar surface area (TPSA) is 60.9 Å². The van der Waals surface area contributed by atoms with Gasteiger partial charge in [0, 0.05) is 32.1 Å². The molecule has 2 amide bonds. The van der Waals surface area contributed by atoms with Gasteiger partial charge in [0.25, 0.3) is 0 Å². The monoisotopic (exact) mass is 240 g/mol. The number of nitrogens with zero attached hydrogens (tertiary/aromatic N) is 2. The zero-order chi connectivity index (χ0) is 12.6. The maximum atomic E-state index is 12.1. The fourth-order valence-electron chi connectivity index (χ4n) is 2.60. The van der Waals surface area contributed by atoms with Gasteiger partial charge in [-0.1, -0.05) is 0 Å². The zero-order valence-electron chi connectivity index (χ0n) is 10.4. The number of rotatable bonds is 2. The molecule has 1 N–H and O–H groups in total. The van der Waals surface area contributed by atoms with Gasteiger partial charge in [0.2, 0.25) is 11.8 Å². The summed E-state index contributed by atoms with van der Waals surface area (Å²) in [4.78, 5) is 27.3. The summed E-state index contributed by atoms with van der Waals surface area (Å²) in [5.74, 6) is -0.119. The number of hydrogen-bond donors (Lipinski definition) is 1. The lowest BCUT2D eigenvalue weighted by Crippen LogP contribution is -2.37. The van der Waals surface area contributed by atoms with Crippen LogP contribution in [0.1, 0.15) is 26.7 Å². The first-order valence-corrected chi connectivity index (χ1v) is 6.25. The molecule has 0 aromatic heterocycles. The van der Waals surface area contributed by atoms with E-state index in [-0.39, 0.29) is 23.8 Å². The van der Waals surface area contributed by atoms with E-state index in [0.717, 1.165) is 0 Å². The van der Waals surface area contributed by atoms with Crippen molar-refractivity contribution in [2.45, 2.75) is 38.8 Å². The lowest BCUT2D eigenvalue weighted by atomic mass is 10.1. The summed E-state index contributed by atoms with van der Waals surface area (Å²) in [5, 5.41) is 9.41. The summed E-state index contributed by atoms with van der Waals surface area (Å²) < 4.78 is 0. The first-order valence-electron chi connectivity index (χ1n) is 6.25. The van der Waals surface area contributed by atoms with Crippen LogP contribution >= 0.6 is 0 Å². The largest absolute Gasteiger partial charge is 0.391 e. The maximum absolute atomic E-state index is 12.1. The van der Waals surface area contributed by atoms with E-state index in [4.69, 9.17) is 0 Å². The van der Waals surface area contributed by atoms with Gasteiger partial charge in [0.15, 0.2) is 0 Å². The van der Waals surface area contributed by atoms with Gasteiger partial charge in [-0.25, -0.2) is 0 Å². The van der Waals surface area contributed by atoms with Crippen molar-refractivity contribution in [1.29, 1.82) is 0 Å². The van der Waals surface area contributed by atoms with Crippen molar-refractivity contribution >= 4 is 11.8 Å². The number of carbonyl (C=O) groups is 2. The standard InChI is InChI=1S/C12H20N2O3/c1-8(2)14-6-9(5-11(14)16)12(17)13-4-3-10(15)7-13/h8-10,15H,3-7H2,1-2H3/t9?,10-/m1/s1. The van der Waals surface area contributed by atoms with Crippen LogP contribution in [-0.4, -0.2) is 58.5 Å². The second-order valence-electron chi connectivity index (χ2n) is 5.27. The average molecular weight is 240 g/mol. The van der Waals surface area contributed by atoms with Gasteiger partial charge >= 0.3 is 0 Å². The van der Waals surface area contributed by atoms with Gasteiger partial charge in [-0.3, -0.25) is 9.59 Å². The van der Waals surface area contributed by atoms with Gasteiger partial charge in [-0.05, 0) is 20.3 Å². The van der Waals surface area contributed by atoms with Crippen LogP contribution in [-0.2, 0) is 9.59 Å². The molecule has 2 rings (SSSR count). The van der Waals surface area contributed by atoms with Gasteiger partial charge in [0.1, 0.15) is 0 Å². The Morgan fingerprint density at radius 1 is 1.41 bits per heavy atom. The second-order valence-corrected chi connectivity index (χ2v) is 5.27. The predicted octanol–water partition coefficient (Wildman–Crippen LogP) is -0.164. The quantitative estimate of drug-likeness (QED) is 0.729. The molecule has 0 aromatic rings. The van der Waals surface area contributed by atoms with E-state index in [0.29, 0.717) is 32.5 Å². The molecule has 0 aromatic carbocycles. The third-order valence-corrected chi connectivity index (χ3v) is 3.61. The van der Waals surface area contributed by atoms with Crippen LogP contribution in [0.5, 0.6) is 0 Å². The highest BCUT2D eigenvalue weighted by Gasteiger charge is 2.38. The van der Waals surface area contributed by atoms with Gasteiger partial charge < -0.3 is 14.9 Å². The smallest absolute Gasteiger partial charge is 0.228 e. The Labute approximate surface area is 101 Å². The van der Waals surface area contributed by atoms with Crippen molar-refractivity contribution in [3.05, 3.63) is 0 Å². The molecule has 0 spiro atoms. The minimum absolute atomic E-state index is 0.0260. The van der Waals surface area contributed by atoms with Crippen LogP contribution in [0.25, 0.3) is 0 Å². The number of aliphatic hydroxyl groups excluding tert-OH is 1. The molecule has 0 bridgehead atoms. The maximum Gasteiger partial charge on any atom is 0.228 e. The first-order chi connectivity index (χ1) is 7.99. The summed E-state index contributed by atoms with van der Waals surface area (Å²) in [6.07, 6.45) is 0.585. The van der Waals surface area contributed by atoms with Crippen LogP contribution in [0.15, 0.2) is 0 Å². The molecule has 0 radical (unpaired) electrons. The summed E-state index contributed by atoms with van der Waals surface area (Å²) in [7, 11) is 0. The molecule has 2 fully saturated rings. The zero-order valence-corrected chi connectivity index (χ0v) is 10.4. The summed E-state index contributed by atoms with van der Waals surface area (Å²) in [6.45, 7) is 5.49. The number of β-amino-alcohol motifs (C(OH)–C–C–N with tert-alkyl or cyclic N) is 1. The molecular formula is C12H20N2O3. The molecule has 2 saturated heterocycles. The Balaban J connectivity index is 1.96. The lowest BCUT2D eigenvalue weighted by molar-refractivity contribution is -0.135. The van der Waals surface area contributed by atoms with Crippen molar-refractivity contribution in [3.63, 3.8) is 0 Å². The van der Waals surface area contributed by atoms with Crippen LogP contribution < -0.4 is 0 Å². The Kier molecular flexibility index (Phi) is 3.38.